The third-order valence-electron chi connectivity index (χ3n) is 4.63. The maximum atomic E-state index is 12.8. The summed E-state index contributed by atoms with van der Waals surface area (Å²) in [6.07, 6.45) is 2.25. The summed E-state index contributed by atoms with van der Waals surface area (Å²) in [5.41, 5.74) is 3.12. The summed E-state index contributed by atoms with van der Waals surface area (Å²) in [6, 6.07) is 3.89. The van der Waals surface area contributed by atoms with Gasteiger partial charge in [0.05, 0.1) is 30.2 Å². The summed E-state index contributed by atoms with van der Waals surface area (Å²) < 4.78 is 28.8. The Labute approximate surface area is 131 Å². The molecule has 2 heterocycles. The van der Waals surface area contributed by atoms with E-state index >= 15 is 0 Å². The minimum atomic E-state index is -3.06. The van der Waals surface area contributed by atoms with E-state index in [1.165, 1.54) is 0 Å². The number of sulfone groups is 1. The van der Waals surface area contributed by atoms with E-state index in [0.29, 0.717) is 18.7 Å². The molecule has 0 N–H and O–H groups in total. The van der Waals surface area contributed by atoms with Crippen molar-refractivity contribution < 1.29 is 17.9 Å². The van der Waals surface area contributed by atoms with E-state index in [2.05, 4.69) is 0 Å². The van der Waals surface area contributed by atoms with Gasteiger partial charge in [0.25, 0.3) is 0 Å². The largest absolute Gasteiger partial charge is 0.495 e. The molecule has 120 valence electrons. The van der Waals surface area contributed by atoms with Crippen molar-refractivity contribution >= 4 is 21.4 Å². The third-order valence-corrected chi connectivity index (χ3v) is 6.39. The Bertz CT molecular complexity index is 711. The fraction of sp³-hybridized carbons (Fsp3) is 0.562. The first-order valence-corrected chi connectivity index (χ1v) is 9.43. The molecule has 0 aliphatic carbocycles. The van der Waals surface area contributed by atoms with E-state index in [-0.39, 0.29) is 17.4 Å². The minimum absolute atomic E-state index is 0.0220. The van der Waals surface area contributed by atoms with Crippen molar-refractivity contribution in [2.24, 2.45) is 5.92 Å². The van der Waals surface area contributed by atoms with Gasteiger partial charge in [-0.15, -0.1) is 0 Å². The molecule has 5 nitrogen and oxygen atoms in total. The van der Waals surface area contributed by atoms with Gasteiger partial charge >= 0.3 is 0 Å². The number of hydrogen-bond donors (Lipinski definition) is 0. The molecule has 1 unspecified atom stereocenters. The number of amides is 1. The van der Waals surface area contributed by atoms with Crippen LogP contribution in [0.25, 0.3) is 0 Å². The van der Waals surface area contributed by atoms with E-state index in [9.17, 15) is 13.2 Å². The zero-order valence-corrected chi connectivity index (χ0v) is 13.8. The van der Waals surface area contributed by atoms with Crippen LogP contribution in [0.3, 0.4) is 0 Å². The van der Waals surface area contributed by atoms with Crippen molar-refractivity contribution in [2.75, 3.05) is 30.1 Å². The lowest BCUT2D eigenvalue weighted by molar-refractivity contribution is -0.121. The summed E-state index contributed by atoms with van der Waals surface area (Å²) >= 11 is 0. The Balaban J connectivity index is 1.98. The molecule has 1 aromatic carbocycles. The average Bonchev–Trinajstić information content (AvgIpc) is 2.87. The average molecular weight is 323 g/mol. The predicted octanol–water partition coefficient (Wildman–Crippen LogP) is 1.72. The number of aryl methyl sites for hydroxylation is 1. The van der Waals surface area contributed by atoms with Crippen LogP contribution in [0.15, 0.2) is 12.1 Å². The number of fused-ring (bicyclic) bond motifs is 1. The van der Waals surface area contributed by atoms with Crippen LogP contribution < -0.4 is 9.64 Å². The first-order chi connectivity index (χ1) is 10.4. The quantitative estimate of drug-likeness (QED) is 0.831. The lowest BCUT2D eigenvalue weighted by Crippen LogP contribution is -2.40. The standard InChI is InChI=1S/C16H21NO4S/c1-11-5-6-14(21-2)15-13(11)4-3-8-17(15)16(18)12-7-9-22(19,20)10-12/h5-6,12H,3-4,7-10H2,1-2H3. The van der Waals surface area contributed by atoms with Gasteiger partial charge in [0.2, 0.25) is 5.91 Å². The predicted molar refractivity (Wildman–Crippen MR) is 85.2 cm³/mol. The molecule has 0 radical (unpaired) electrons. The molecule has 0 saturated carbocycles. The molecule has 1 saturated heterocycles. The molecule has 1 aromatic rings. The minimum Gasteiger partial charge on any atom is -0.495 e. The lowest BCUT2D eigenvalue weighted by atomic mass is 9.95. The molecular formula is C16H21NO4S. The van der Waals surface area contributed by atoms with Gasteiger partial charge in [-0.25, -0.2) is 8.42 Å². The van der Waals surface area contributed by atoms with Gasteiger partial charge in [-0.05, 0) is 43.4 Å². The maximum absolute atomic E-state index is 12.8. The Morgan fingerprint density at radius 2 is 2.14 bits per heavy atom. The summed E-state index contributed by atoms with van der Waals surface area (Å²) in [5.74, 6) is 0.294. The second-order valence-electron chi connectivity index (χ2n) is 6.11. The molecule has 2 aliphatic rings. The van der Waals surface area contributed by atoms with Crippen LogP contribution in [0.4, 0.5) is 5.69 Å². The highest BCUT2D eigenvalue weighted by molar-refractivity contribution is 7.91. The first kappa shape index (κ1) is 15.3. The van der Waals surface area contributed by atoms with Gasteiger partial charge in [0, 0.05) is 6.54 Å². The van der Waals surface area contributed by atoms with E-state index in [1.807, 2.05) is 19.1 Å². The van der Waals surface area contributed by atoms with E-state index in [0.717, 1.165) is 29.7 Å². The molecule has 0 bridgehead atoms. The molecule has 1 fully saturated rings. The van der Waals surface area contributed by atoms with Gasteiger partial charge in [-0.2, -0.15) is 0 Å². The molecule has 22 heavy (non-hydrogen) atoms. The highest BCUT2D eigenvalue weighted by Crippen LogP contribution is 2.39. The third kappa shape index (κ3) is 2.60. The van der Waals surface area contributed by atoms with Crippen molar-refractivity contribution in [2.45, 2.75) is 26.2 Å². The molecule has 0 aromatic heterocycles. The number of anilines is 1. The molecule has 1 amide bonds. The fourth-order valence-electron chi connectivity index (χ4n) is 3.45. The monoisotopic (exact) mass is 323 g/mol. The van der Waals surface area contributed by atoms with E-state index in [4.69, 9.17) is 4.74 Å². The van der Waals surface area contributed by atoms with Crippen molar-refractivity contribution in [1.82, 2.24) is 0 Å². The Morgan fingerprint density at radius 3 is 2.77 bits per heavy atom. The Kier molecular flexibility index (Phi) is 3.89. The van der Waals surface area contributed by atoms with Crippen LogP contribution in [0.5, 0.6) is 5.75 Å². The van der Waals surface area contributed by atoms with Crippen LogP contribution in [0, 0.1) is 12.8 Å². The van der Waals surface area contributed by atoms with Crippen LogP contribution in [0.1, 0.15) is 24.0 Å². The fourth-order valence-corrected chi connectivity index (χ4v) is 5.18. The molecule has 2 aliphatic heterocycles. The van der Waals surface area contributed by atoms with Gasteiger partial charge in [0.1, 0.15) is 5.75 Å². The number of carbonyl (C=O) groups is 1. The smallest absolute Gasteiger partial charge is 0.231 e. The second-order valence-corrected chi connectivity index (χ2v) is 8.33. The number of hydrogen-bond acceptors (Lipinski definition) is 4. The number of ether oxygens (including phenoxy) is 1. The van der Waals surface area contributed by atoms with Crippen molar-refractivity contribution in [3.8, 4) is 5.75 Å². The zero-order chi connectivity index (χ0) is 15.9. The highest BCUT2D eigenvalue weighted by Gasteiger charge is 2.38. The first-order valence-electron chi connectivity index (χ1n) is 7.61. The number of benzene rings is 1. The zero-order valence-electron chi connectivity index (χ0n) is 13.0. The SMILES string of the molecule is COc1ccc(C)c2c1N(C(=O)C1CCS(=O)(=O)C1)CCC2. The summed E-state index contributed by atoms with van der Waals surface area (Å²) in [6.45, 7) is 2.66. The van der Waals surface area contributed by atoms with Gasteiger partial charge in [-0.3, -0.25) is 4.79 Å². The Hall–Kier alpha value is -1.56. The van der Waals surface area contributed by atoms with Gasteiger partial charge < -0.3 is 9.64 Å². The van der Waals surface area contributed by atoms with Crippen LogP contribution in [0.2, 0.25) is 0 Å². The highest BCUT2D eigenvalue weighted by atomic mass is 32.2. The van der Waals surface area contributed by atoms with Gasteiger partial charge in [-0.1, -0.05) is 6.07 Å². The van der Waals surface area contributed by atoms with Crippen LogP contribution >= 0.6 is 0 Å². The topological polar surface area (TPSA) is 63.7 Å². The molecule has 0 spiro atoms. The number of methoxy groups -OCH3 is 1. The Morgan fingerprint density at radius 1 is 1.36 bits per heavy atom. The molecule has 3 rings (SSSR count). The summed E-state index contributed by atoms with van der Waals surface area (Å²) in [7, 11) is -1.46. The maximum Gasteiger partial charge on any atom is 0.231 e. The van der Waals surface area contributed by atoms with Crippen LogP contribution in [-0.4, -0.2) is 39.5 Å². The lowest BCUT2D eigenvalue weighted by Gasteiger charge is -2.33. The molecule has 6 heteroatoms. The van der Waals surface area contributed by atoms with Crippen molar-refractivity contribution in [3.05, 3.63) is 23.3 Å². The van der Waals surface area contributed by atoms with Crippen molar-refractivity contribution in [3.63, 3.8) is 0 Å². The van der Waals surface area contributed by atoms with Gasteiger partial charge in [0.15, 0.2) is 9.84 Å². The van der Waals surface area contributed by atoms with Crippen molar-refractivity contribution in [1.29, 1.82) is 0 Å². The number of carbonyl (C=O) groups excluding carboxylic acids is 1. The van der Waals surface area contributed by atoms with E-state index in [1.54, 1.807) is 12.0 Å². The second kappa shape index (κ2) is 5.57. The normalized spacial score (nSPS) is 23.2. The summed E-state index contributed by atoms with van der Waals surface area (Å²) in [4.78, 5) is 14.6. The number of rotatable bonds is 2. The molecule has 1 atom stereocenters. The van der Waals surface area contributed by atoms with E-state index < -0.39 is 15.8 Å². The molecular weight excluding hydrogens is 302 g/mol. The number of nitrogens with zero attached hydrogens (tertiary/aromatic N) is 1. The van der Waals surface area contributed by atoms with Crippen LogP contribution in [-0.2, 0) is 21.1 Å². The summed E-state index contributed by atoms with van der Waals surface area (Å²) in [5, 5.41) is 0.